The Hall–Kier alpha value is -0.120. The molecule has 84 valence electrons. The highest BCUT2D eigenvalue weighted by Gasteiger charge is 2.21. The Labute approximate surface area is 88.2 Å². The Morgan fingerprint density at radius 3 is 2.43 bits per heavy atom. The van der Waals surface area contributed by atoms with Crippen molar-refractivity contribution < 1.29 is 0 Å². The molecule has 1 heterocycles. The van der Waals surface area contributed by atoms with E-state index in [0.29, 0.717) is 6.04 Å². The molecule has 1 aliphatic heterocycles. The summed E-state index contributed by atoms with van der Waals surface area (Å²) in [4.78, 5) is 4.95. The van der Waals surface area contributed by atoms with E-state index in [-0.39, 0.29) is 0 Å². The van der Waals surface area contributed by atoms with Crippen molar-refractivity contribution in [3.63, 3.8) is 0 Å². The van der Waals surface area contributed by atoms with Crippen LogP contribution in [-0.2, 0) is 0 Å². The average Bonchev–Trinajstić information content (AvgIpc) is 2.17. The number of likely N-dealkylation sites (N-methyl/N-ethyl adjacent to an activating group) is 1. The zero-order valence-corrected chi connectivity index (χ0v) is 9.87. The highest BCUT2D eigenvalue weighted by molar-refractivity contribution is 4.78. The smallest absolute Gasteiger partial charge is 0.0139 e. The Kier molecular flexibility index (Phi) is 4.85. The van der Waals surface area contributed by atoms with Gasteiger partial charge in [-0.05, 0) is 46.4 Å². The zero-order valence-electron chi connectivity index (χ0n) is 9.87. The molecule has 0 aromatic carbocycles. The molecule has 0 bridgehead atoms. The fourth-order valence-corrected chi connectivity index (χ4v) is 2.28. The minimum absolute atomic E-state index is 0.296. The molecule has 1 saturated heterocycles. The van der Waals surface area contributed by atoms with Gasteiger partial charge in [0, 0.05) is 18.6 Å². The van der Waals surface area contributed by atoms with Crippen molar-refractivity contribution in [2.24, 2.45) is 5.73 Å². The molecule has 2 N–H and O–H groups in total. The summed E-state index contributed by atoms with van der Waals surface area (Å²) in [6, 6.07) is 1.05. The third-order valence-corrected chi connectivity index (χ3v) is 3.20. The van der Waals surface area contributed by atoms with Crippen LogP contribution in [0.15, 0.2) is 0 Å². The van der Waals surface area contributed by atoms with E-state index in [1.165, 1.54) is 32.5 Å². The quantitative estimate of drug-likeness (QED) is 0.725. The molecule has 0 amide bonds. The summed E-state index contributed by atoms with van der Waals surface area (Å²) in [6.07, 6.45) is 2.61. The van der Waals surface area contributed by atoms with Crippen molar-refractivity contribution in [3.05, 3.63) is 0 Å². The summed E-state index contributed by atoms with van der Waals surface area (Å²) >= 11 is 0. The molecule has 1 fully saturated rings. The first-order valence-electron chi connectivity index (χ1n) is 5.81. The number of nitrogens with zero attached hydrogens (tertiary/aromatic N) is 2. The van der Waals surface area contributed by atoms with Crippen LogP contribution < -0.4 is 5.73 Å². The molecule has 1 atom stereocenters. The van der Waals surface area contributed by atoms with Crippen molar-refractivity contribution in [1.82, 2.24) is 9.80 Å². The minimum Gasteiger partial charge on any atom is -0.327 e. The Morgan fingerprint density at radius 2 is 2.00 bits per heavy atom. The predicted molar refractivity (Wildman–Crippen MR) is 61.4 cm³/mol. The normalized spacial score (nSPS) is 22.9. The molecular formula is C11H25N3. The Balaban J connectivity index is 2.26. The van der Waals surface area contributed by atoms with Gasteiger partial charge < -0.3 is 15.5 Å². The topological polar surface area (TPSA) is 32.5 Å². The minimum atomic E-state index is 0.296. The highest BCUT2D eigenvalue weighted by atomic mass is 15.2. The molecule has 1 rings (SSSR count). The van der Waals surface area contributed by atoms with Gasteiger partial charge in [-0.3, -0.25) is 0 Å². The molecule has 3 heteroatoms. The number of nitrogens with two attached hydrogens (primary N) is 1. The first kappa shape index (κ1) is 12.0. The summed E-state index contributed by atoms with van der Waals surface area (Å²) in [6.45, 7) is 9.05. The van der Waals surface area contributed by atoms with E-state index in [4.69, 9.17) is 5.73 Å². The van der Waals surface area contributed by atoms with Gasteiger partial charge >= 0.3 is 0 Å². The number of piperidine rings is 1. The number of hydrogen-bond acceptors (Lipinski definition) is 3. The van der Waals surface area contributed by atoms with Gasteiger partial charge in [-0.1, -0.05) is 6.92 Å². The first-order valence-corrected chi connectivity index (χ1v) is 5.81. The molecule has 0 saturated carbocycles. The number of likely N-dealkylation sites (tertiary alicyclic amines) is 1. The maximum absolute atomic E-state index is 5.80. The van der Waals surface area contributed by atoms with Gasteiger partial charge in [0.05, 0.1) is 0 Å². The van der Waals surface area contributed by atoms with E-state index in [1.807, 2.05) is 0 Å². The van der Waals surface area contributed by atoms with Gasteiger partial charge in [0.1, 0.15) is 0 Å². The zero-order chi connectivity index (χ0) is 10.6. The molecule has 0 radical (unpaired) electrons. The standard InChI is InChI=1S/C11H25N3/c1-4-14-7-5-11(6-8-14)13(3)9-10(2)12/h10-11H,4-9,12H2,1-3H3/t10-/m1/s1. The van der Waals surface area contributed by atoms with Gasteiger partial charge in [-0.2, -0.15) is 0 Å². The second kappa shape index (κ2) is 5.69. The van der Waals surface area contributed by atoms with Crippen LogP contribution in [0.25, 0.3) is 0 Å². The molecule has 0 unspecified atom stereocenters. The molecule has 3 nitrogen and oxygen atoms in total. The van der Waals surface area contributed by atoms with Crippen molar-refractivity contribution in [2.75, 3.05) is 33.2 Å². The van der Waals surface area contributed by atoms with Crippen molar-refractivity contribution in [2.45, 2.75) is 38.8 Å². The molecule has 0 aromatic rings. The second-order valence-corrected chi connectivity index (χ2v) is 4.58. The van der Waals surface area contributed by atoms with Gasteiger partial charge in [-0.15, -0.1) is 0 Å². The third kappa shape index (κ3) is 3.56. The number of rotatable bonds is 4. The lowest BCUT2D eigenvalue weighted by atomic mass is 10.0. The van der Waals surface area contributed by atoms with E-state index in [9.17, 15) is 0 Å². The van der Waals surface area contributed by atoms with Crippen molar-refractivity contribution in [3.8, 4) is 0 Å². The fourth-order valence-electron chi connectivity index (χ4n) is 2.28. The average molecular weight is 199 g/mol. The Bertz CT molecular complexity index is 151. The van der Waals surface area contributed by atoms with Gasteiger partial charge in [-0.25, -0.2) is 0 Å². The summed E-state index contributed by atoms with van der Waals surface area (Å²) in [5, 5.41) is 0. The predicted octanol–water partition coefficient (Wildman–Crippen LogP) is 0.750. The fraction of sp³-hybridized carbons (Fsp3) is 1.00. The lowest BCUT2D eigenvalue weighted by molar-refractivity contribution is 0.128. The van der Waals surface area contributed by atoms with Crippen LogP contribution >= 0.6 is 0 Å². The lowest BCUT2D eigenvalue weighted by Crippen LogP contribution is -2.46. The van der Waals surface area contributed by atoms with Gasteiger partial charge in [0.2, 0.25) is 0 Å². The second-order valence-electron chi connectivity index (χ2n) is 4.58. The Morgan fingerprint density at radius 1 is 1.43 bits per heavy atom. The summed E-state index contributed by atoms with van der Waals surface area (Å²) < 4.78 is 0. The van der Waals surface area contributed by atoms with Crippen molar-refractivity contribution in [1.29, 1.82) is 0 Å². The van der Waals surface area contributed by atoms with E-state index < -0.39 is 0 Å². The SMILES string of the molecule is CCN1CCC(N(C)C[C@@H](C)N)CC1. The van der Waals surface area contributed by atoms with Crippen LogP contribution in [0, 0.1) is 0 Å². The van der Waals surface area contributed by atoms with Crippen LogP contribution in [0.1, 0.15) is 26.7 Å². The van der Waals surface area contributed by atoms with E-state index in [0.717, 1.165) is 12.6 Å². The van der Waals surface area contributed by atoms with E-state index in [1.54, 1.807) is 0 Å². The van der Waals surface area contributed by atoms with Crippen LogP contribution in [0.4, 0.5) is 0 Å². The molecule has 14 heavy (non-hydrogen) atoms. The van der Waals surface area contributed by atoms with E-state index >= 15 is 0 Å². The maximum atomic E-state index is 5.80. The van der Waals surface area contributed by atoms with Crippen LogP contribution in [0.3, 0.4) is 0 Å². The lowest BCUT2D eigenvalue weighted by Gasteiger charge is -2.36. The monoisotopic (exact) mass is 199 g/mol. The molecule has 0 aromatic heterocycles. The van der Waals surface area contributed by atoms with Crippen LogP contribution in [-0.4, -0.2) is 55.1 Å². The third-order valence-electron chi connectivity index (χ3n) is 3.20. The van der Waals surface area contributed by atoms with Crippen LogP contribution in [0.2, 0.25) is 0 Å². The van der Waals surface area contributed by atoms with Gasteiger partial charge in [0.25, 0.3) is 0 Å². The molecule has 0 aliphatic carbocycles. The summed E-state index contributed by atoms with van der Waals surface area (Å²) in [7, 11) is 2.20. The van der Waals surface area contributed by atoms with Crippen LogP contribution in [0.5, 0.6) is 0 Å². The summed E-state index contributed by atoms with van der Waals surface area (Å²) in [5.74, 6) is 0. The van der Waals surface area contributed by atoms with Gasteiger partial charge in [0.15, 0.2) is 0 Å². The molecular weight excluding hydrogens is 174 g/mol. The largest absolute Gasteiger partial charge is 0.327 e. The molecule has 0 spiro atoms. The maximum Gasteiger partial charge on any atom is 0.0139 e. The summed E-state index contributed by atoms with van der Waals surface area (Å²) in [5.41, 5.74) is 5.80. The highest BCUT2D eigenvalue weighted by Crippen LogP contribution is 2.14. The number of hydrogen-bond donors (Lipinski definition) is 1. The molecule has 1 aliphatic rings. The first-order chi connectivity index (χ1) is 6.63. The van der Waals surface area contributed by atoms with Crippen molar-refractivity contribution >= 4 is 0 Å². The van der Waals surface area contributed by atoms with E-state index in [2.05, 4.69) is 30.7 Å².